The van der Waals surface area contributed by atoms with Gasteiger partial charge in [-0.3, -0.25) is 0 Å². The molecule has 2 heterocycles. The molecule has 0 bridgehead atoms. The highest BCUT2D eigenvalue weighted by Crippen LogP contribution is 2.14. The van der Waals surface area contributed by atoms with Crippen molar-refractivity contribution in [2.75, 3.05) is 0 Å². The van der Waals surface area contributed by atoms with Gasteiger partial charge < -0.3 is 4.74 Å². The molecule has 0 spiro atoms. The molecule has 4 nitrogen and oxygen atoms in total. The third kappa shape index (κ3) is 2.69. The standard InChI is InChI=1S/C14H12ClN3O/c1-10-2-4-12(5-3-10)19-9-13-16-14-8-11(15)6-7-18(14)17-13/h2-8H,9H2,1H3. The van der Waals surface area contributed by atoms with E-state index in [2.05, 4.69) is 10.1 Å². The maximum atomic E-state index is 5.90. The fraction of sp³-hybridized carbons (Fsp3) is 0.143. The predicted octanol–water partition coefficient (Wildman–Crippen LogP) is 3.27. The third-order valence-electron chi connectivity index (χ3n) is 2.73. The zero-order chi connectivity index (χ0) is 13.2. The van der Waals surface area contributed by atoms with Gasteiger partial charge in [0.25, 0.3) is 0 Å². The van der Waals surface area contributed by atoms with Gasteiger partial charge >= 0.3 is 0 Å². The van der Waals surface area contributed by atoms with Crippen molar-refractivity contribution in [2.45, 2.75) is 13.5 Å². The second kappa shape index (κ2) is 4.90. The molecular formula is C14H12ClN3O. The van der Waals surface area contributed by atoms with E-state index < -0.39 is 0 Å². The van der Waals surface area contributed by atoms with Gasteiger partial charge in [-0.1, -0.05) is 29.3 Å². The van der Waals surface area contributed by atoms with Gasteiger partial charge in [0.1, 0.15) is 12.4 Å². The lowest BCUT2D eigenvalue weighted by Gasteiger charge is -2.03. The number of hydrogen-bond acceptors (Lipinski definition) is 3. The van der Waals surface area contributed by atoms with E-state index in [1.807, 2.05) is 31.2 Å². The van der Waals surface area contributed by atoms with E-state index in [9.17, 15) is 0 Å². The second-order valence-corrected chi connectivity index (χ2v) is 4.71. The number of hydrogen-bond donors (Lipinski definition) is 0. The summed E-state index contributed by atoms with van der Waals surface area (Å²) in [6, 6.07) is 11.4. The largest absolute Gasteiger partial charge is 0.486 e. The number of aromatic nitrogens is 3. The van der Waals surface area contributed by atoms with Gasteiger partial charge in [0, 0.05) is 17.3 Å². The smallest absolute Gasteiger partial charge is 0.189 e. The van der Waals surface area contributed by atoms with Gasteiger partial charge in [0.05, 0.1) is 0 Å². The average molecular weight is 274 g/mol. The molecule has 0 N–H and O–H groups in total. The van der Waals surface area contributed by atoms with E-state index in [1.165, 1.54) is 5.56 Å². The van der Waals surface area contributed by atoms with Crippen molar-refractivity contribution in [2.24, 2.45) is 0 Å². The minimum atomic E-state index is 0.336. The topological polar surface area (TPSA) is 39.4 Å². The summed E-state index contributed by atoms with van der Waals surface area (Å²) < 4.78 is 7.32. The number of rotatable bonds is 3. The van der Waals surface area contributed by atoms with E-state index in [0.29, 0.717) is 17.5 Å². The lowest BCUT2D eigenvalue weighted by atomic mass is 10.2. The van der Waals surface area contributed by atoms with Gasteiger partial charge in [0.2, 0.25) is 0 Å². The lowest BCUT2D eigenvalue weighted by Crippen LogP contribution is -1.98. The lowest BCUT2D eigenvalue weighted by molar-refractivity contribution is 0.296. The Balaban J connectivity index is 1.76. The Morgan fingerprint density at radius 1 is 1.21 bits per heavy atom. The Hall–Kier alpha value is -2.07. The molecule has 3 rings (SSSR count). The number of ether oxygens (including phenoxy) is 1. The van der Waals surface area contributed by atoms with Crippen LogP contribution in [0.4, 0.5) is 0 Å². The molecule has 0 atom stereocenters. The predicted molar refractivity (Wildman–Crippen MR) is 73.5 cm³/mol. The molecule has 0 aliphatic rings. The van der Waals surface area contributed by atoms with E-state index in [0.717, 1.165) is 11.4 Å². The Morgan fingerprint density at radius 2 is 2.00 bits per heavy atom. The maximum absolute atomic E-state index is 5.90. The van der Waals surface area contributed by atoms with Crippen molar-refractivity contribution < 1.29 is 4.74 Å². The first-order valence-electron chi connectivity index (χ1n) is 5.91. The number of aryl methyl sites for hydroxylation is 1. The SMILES string of the molecule is Cc1ccc(OCc2nc3cc(Cl)ccn3n2)cc1. The van der Waals surface area contributed by atoms with Crippen LogP contribution in [0.25, 0.3) is 5.65 Å². The number of nitrogens with zero attached hydrogens (tertiary/aromatic N) is 3. The highest BCUT2D eigenvalue weighted by atomic mass is 35.5. The van der Waals surface area contributed by atoms with Gasteiger partial charge in [0.15, 0.2) is 11.5 Å². The molecule has 19 heavy (non-hydrogen) atoms. The summed E-state index contributed by atoms with van der Waals surface area (Å²) >= 11 is 5.90. The molecule has 0 aliphatic heterocycles. The molecule has 0 aliphatic carbocycles. The monoisotopic (exact) mass is 273 g/mol. The minimum Gasteiger partial charge on any atom is -0.486 e. The molecule has 5 heteroatoms. The molecule has 1 aromatic carbocycles. The Morgan fingerprint density at radius 3 is 2.79 bits per heavy atom. The van der Waals surface area contributed by atoms with Crippen LogP contribution in [0.15, 0.2) is 42.6 Å². The van der Waals surface area contributed by atoms with Gasteiger partial charge in [-0.05, 0) is 25.1 Å². The summed E-state index contributed by atoms with van der Waals surface area (Å²) in [5, 5.41) is 4.95. The van der Waals surface area contributed by atoms with Gasteiger partial charge in [-0.25, -0.2) is 9.50 Å². The normalized spacial score (nSPS) is 10.8. The van der Waals surface area contributed by atoms with Gasteiger partial charge in [-0.2, -0.15) is 0 Å². The van der Waals surface area contributed by atoms with Crippen LogP contribution in [-0.4, -0.2) is 14.6 Å². The van der Waals surface area contributed by atoms with Gasteiger partial charge in [-0.15, -0.1) is 5.10 Å². The molecule has 0 saturated carbocycles. The van der Waals surface area contributed by atoms with Crippen molar-refractivity contribution in [3.8, 4) is 5.75 Å². The van der Waals surface area contributed by atoms with Crippen LogP contribution in [0, 0.1) is 6.92 Å². The zero-order valence-electron chi connectivity index (χ0n) is 10.4. The summed E-state index contributed by atoms with van der Waals surface area (Å²) in [7, 11) is 0. The van der Waals surface area contributed by atoms with E-state index in [1.54, 1.807) is 22.8 Å². The number of benzene rings is 1. The maximum Gasteiger partial charge on any atom is 0.189 e. The van der Waals surface area contributed by atoms with Crippen molar-refractivity contribution in [3.63, 3.8) is 0 Å². The van der Waals surface area contributed by atoms with Crippen LogP contribution in [-0.2, 0) is 6.61 Å². The molecule has 2 aromatic heterocycles. The summed E-state index contributed by atoms with van der Waals surface area (Å²) in [4.78, 5) is 4.35. The number of halogens is 1. The molecule has 0 amide bonds. The summed E-state index contributed by atoms with van der Waals surface area (Å²) in [6.45, 7) is 2.37. The Bertz CT molecular complexity index is 706. The van der Waals surface area contributed by atoms with Crippen LogP contribution >= 0.6 is 11.6 Å². The second-order valence-electron chi connectivity index (χ2n) is 4.28. The van der Waals surface area contributed by atoms with Crippen LogP contribution in [0.2, 0.25) is 5.02 Å². The van der Waals surface area contributed by atoms with Crippen LogP contribution < -0.4 is 4.74 Å². The fourth-order valence-corrected chi connectivity index (χ4v) is 1.90. The highest BCUT2D eigenvalue weighted by molar-refractivity contribution is 6.30. The Kier molecular flexibility index (Phi) is 3.09. The summed E-state index contributed by atoms with van der Waals surface area (Å²) in [6.07, 6.45) is 1.78. The van der Waals surface area contributed by atoms with Crippen molar-refractivity contribution in [3.05, 3.63) is 59.0 Å². The first-order valence-corrected chi connectivity index (χ1v) is 6.29. The van der Waals surface area contributed by atoms with Crippen molar-refractivity contribution >= 4 is 17.2 Å². The van der Waals surface area contributed by atoms with Crippen molar-refractivity contribution in [1.82, 2.24) is 14.6 Å². The molecular weight excluding hydrogens is 262 g/mol. The molecule has 0 fully saturated rings. The minimum absolute atomic E-state index is 0.336. The quantitative estimate of drug-likeness (QED) is 0.735. The van der Waals surface area contributed by atoms with Crippen LogP contribution in [0.1, 0.15) is 11.4 Å². The zero-order valence-corrected chi connectivity index (χ0v) is 11.1. The van der Waals surface area contributed by atoms with Crippen molar-refractivity contribution in [1.29, 1.82) is 0 Å². The molecule has 0 radical (unpaired) electrons. The van der Waals surface area contributed by atoms with E-state index in [-0.39, 0.29) is 0 Å². The van der Waals surface area contributed by atoms with E-state index in [4.69, 9.17) is 16.3 Å². The van der Waals surface area contributed by atoms with E-state index >= 15 is 0 Å². The molecule has 0 unspecified atom stereocenters. The van der Waals surface area contributed by atoms with Crippen LogP contribution in [0.3, 0.4) is 0 Å². The number of fused-ring (bicyclic) bond motifs is 1. The van der Waals surface area contributed by atoms with Crippen LogP contribution in [0.5, 0.6) is 5.75 Å². The third-order valence-corrected chi connectivity index (χ3v) is 2.97. The highest BCUT2D eigenvalue weighted by Gasteiger charge is 2.04. The Labute approximate surface area is 115 Å². The summed E-state index contributed by atoms with van der Waals surface area (Å²) in [5.41, 5.74) is 1.92. The molecule has 96 valence electrons. The average Bonchev–Trinajstić information content (AvgIpc) is 2.80. The number of pyridine rings is 1. The molecule has 0 saturated heterocycles. The fourth-order valence-electron chi connectivity index (χ4n) is 1.75. The molecule has 3 aromatic rings. The first-order chi connectivity index (χ1) is 9.20. The first kappa shape index (κ1) is 12.0. The summed E-state index contributed by atoms with van der Waals surface area (Å²) in [5.74, 6) is 1.44.